The van der Waals surface area contributed by atoms with E-state index >= 15 is 0 Å². The molecule has 0 bridgehead atoms. The van der Waals surface area contributed by atoms with Gasteiger partial charge < -0.3 is 0 Å². The molecule has 64 valence electrons. The number of hydrogen-bond acceptors (Lipinski definition) is 2. The summed E-state index contributed by atoms with van der Waals surface area (Å²) in [5.41, 5.74) is 8.25. The molecule has 0 fully saturated rings. The molecule has 0 saturated carbocycles. The van der Waals surface area contributed by atoms with E-state index < -0.39 is 6.55 Å². The second kappa shape index (κ2) is 3.68. The quantitative estimate of drug-likeness (QED) is 0.392. The van der Waals surface area contributed by atoms with Gasteiger partial charge in [-0.05, 0) is 11.6 Å². The largest absolute Gasteiger partial charge is 0.333 e. The predicted molar refractivity (Wildman–Crippen MR) is 36.3 cm³/mol. The Balaban J connectivity index is 2.70. The molecule has 7 heteroatoms. The third kappa shape index (κ3) is 1.93. The molecular weight excluding hydrogens is 168 g/mol. The lowest BCUT2D eigenvalue weighted by molar-refractivity contribution is 0.0562. The number of hydrogen-bond donors (Lipinski definition) is 0. The highest BCUT2D eigenvalue weighted by molar-refractivity contribution is 4.98. The van der Waals surface area contributed by atoms with Gasteiger partial charge in [-0.2, -0.15) is 13.9 Å². The van der Waals surface area contributed by atoms with E-state index in [1.165, 1.54) is 6.07 Å². The molecule has 0 saturated heterocycles. The van der Waals surface area contributed by atoms with Crippen molar-refractivity contribution in [3.8, 4) is 0 Å². The van der Waals surface area contributed by atoms with Crippen molar-refractivity contribution in [2.45, 2.75) is 13.1 Å². The summed E-state index contributed by atoms with van der Waals surface area (Å²) in [5.74, 6) is 0. The van der Waals surface area contributed by atoms with Gasteiger partial charge in [-0.15, -0.1) is 0 Å². The molecule has 0 aliphatic carbocycles. The van der Waals surface area contributed by atoms with E-state index in [2.05, 4.69) is 15.1 Å². The van der Waals surface area contributed by atoms with E-state index in [1.807, 2.05) is 0 Å². The molecule has 0 aromatic carbocycles. The third-order valence-corrected chi connectivity index (χ3v) is 1.16. The molecule has 0 N–H and O–H groups in total. The van der Waals surface area contributed by atoms with E-state index in [1.54, 1.807) is 0 Å². The molecule has 12 heavy (non-hydrogen) atoms. The highest BCUT2D eigenvalue weighted by Crippen LogP contribution is 2.08. The van der Waals surface area contributed by atoms with Crippen LogP contribution in [0.15, 0.2) is 17.4 Å². The lowest BCUT2D eigenvalue weighted by atomic mass is 10.4. The Morgan fingerprint density at radius 2 is 2.50 bits per heavy atom. The first-order valence-corrected chi connectivity index (χ1v) is 3.07. The second-order valence-corrected chi connectivity index (χ2v) is 1.95. The van der Waals surface area contributed by atoms with Crippen LogP contribution in [0.4, 0.5) is 8.78 Å². The third-order valence-electron chi connectivity index (χ3n) is 1.16. The topological polar surface area (TPSA) is 66.6 Å². The summed E-state index contributed by atoms with van der Waals surface area (Å²) in [4.78, 5) is 2.47. The summed E-state index contributed by atoms with van der Waals surface area (Å²) in [5, 5.41) is 6.62. The maximum atomic E-state index is 11.9. The average molecular weight is 173 g/mol. The highest BCUT2D eigenvalue weighted by atomic mass is 19.3. The highest BCUT2D eigenvalue weighted by Gasteiger charge is 2.05. The van der Waals surface area contributed by atoms with Gasteiger partial charge in [0.25, 0.3) is 0 Å². The summed E-state index contributed by atoms with van der Waals surface area (Å²) in [6.45, 7) is -2.65. The first-order valence-electron chi connectivity index (χ1n) is 3.07. The van der Waals surface area contributed by atoms with Gasteiger partial charge in [-0.3, -0.25) is 0 Å². The van der Waals surface area contributed by atoms with Gasteiger partial charge >= 0.3 is 6.55 Å². The normalized spacial score (nSPS) is 9.92. The fourth-order valence-corrected chi connectivity index (χ4v) is 0.674. The number of halogens is 2. The zero-order valence-corrected chi connectivity index (χ0v) is 5.93. The average Bonchev–Trinajstić information content (AvgIpc) is 2.48. The van der Waals surface area contributed by atoms with Crippen LogP contribution >= 0.6 is 0 Å². The van der Waals surface area contributed by atoms with Crippen molar-refractivity contribution < 1.29 is 8.78 Å². The Kier molecular flexibility index (Phi) is 2.60. The van der Waals surface area contributed by atoms with E-state index in [9.17, 15) is 8.78 Å². The summed E-state index contributed by atoms with van der Waals surface area (Å²) >= 11 is 0. The minimum absolute atomic E-state index is 0.00375. The van der Waals surface area contributed by atoms with Crippen molar-refractivity contribution in [2.24, 2.45) is 5.11 Å². The van der Waals surface area contributed by atoms with Gasteiger partial charge in [-0.1, -0.05) is 5.11 Å². The van der Waals surface area contributed by atoms with Crippen LogP contribution in [-0.2, 0) is 6.54 Å². The standard InChI is InChI=1S/C5H5F2N5/c6-5(7)12-2-1-4(10-12)3-9-11-8/h1-2,5H,3H2. The van der Waals surface area contributed by atoms with E-state index in [4.69, 9.17) is 5.53 Å². The molecule has 0 amide bonds. The van der Waals surface area contributed by atoms with Crippen LogP contribution in [0.25, 0.3) is 10.4 Å². The van der Waals surface area contributed by atoms with Crippen LogP contribution < -0.4 is 0 Å². The molecule has 0 aliphatic rings. The lowest BCUT2D eigenvalue weighted by Crippen LogP contribution is -1.98. The molecule has 1 aromatic heterocycles. The molecular formula is C5H5F2N5. The first kappa shape index (κ1) is 8.48. The molecule has 0 aliphatic heterocycles. The van der Waals surface area contributed by atoms with Crippen molar-refractivity contribution >= 4 is 0 Å². The van der Waals surface area contributed by atoms with Crippen LogP contribution in [0.5, 0.6) is 0 Å². The smallest absolute Gasteiger partial charge is 0.211 e. The minimum Gasteiger partial charge on any atom is -0.211 e. The van der Waals surface area contributed by atoms with Gasteiger partial charge in [0.15, 0.2) is 0 Å². The molecule has 0 radical (unpaired) electrons. The SMILES string of the molecule is [N-]=[N+]=NCc1ccn(C(F)F)n1. The molecule has 5 nitrogen and oxygen atoms in total. The van der Waals surface area contributed by atoms with E-state index in [0.717, 1.165) is 6.20 Å². The van der Waals surface area contributed by atoms with Crippen LogP contribution in [0.1, 0.15) is 12.2 Å². The number of aromatic nitrogens is 2. The second-order valence-electron chi connectivity index (χ2n) is 1.95. The summed E-state index contributed by atoms with van der Waals surface area (Å²) in [7, 11) is 0. The van der Waals surface area contributed by atoms with Crippen molar-refractivity contribution in [1.29, 1.82) is 0 Å². The summed E-state index contributed by atoms with van der Waals surface area (Å²) < 4.78 is 24.3. The van der Waals surface area contributed by atoms with Gasteiger partial charge in [0, 0.05) is 11.1 Å². The number of azide groups is 1. The molecule has 0 atom stereocenters. The van der Waals surface area contributed by atoms with Crippen molar-refractivity contribution in [3.63, 3.8) is 0 Å². The van der Waals surface area contributed by atoms with Crippen LogP contribution in [-0.4, -0.2) is 9.78 Å². The Hall–Kier alpha value is -1.62. The van der Waals surface area contributed by atoms with Crippen molar-refractivity contribution in [2.75, 3.05) is 0 Å². The van der Waals surface area contributed by atoms with E-state index in [-0.39, 0.29) is 6.54 Å². The zero-order chi connectivity index (χ0) is 8.97. The van der Waals surface area contributed by atoms with Crippen LogP contribution in [0, 0.1) is 0 Å². The summed E-state index contributed by atoms with van der Waals surface area (Å²) in [6, 6.07) is 1.38. The minimum atomic E-state index is -2.65. The Labute approximate surface area is 66.2 Å². The number of rotatable bonds is 3. The van der Waals surface area contributed by atoms with Gasteiger partial charge in [0.2, 0.25) is 0 Å². The Bertz CT molecular complexity index is 301. The van der Waals surface area contributed by atoms with Crippen molar-refractivity contribution in [1.82, 2.24) is 9.78 Å². The van der Waals surface area contributed by atoms with Gasteiger partial charge in [0.05, 0.1) is 12.2 Å². The Morgan fingerprint density at radius 3 is 3.00 bits per heavy atom. The molecule has 1 aromatic rings. The molecule has 1 rings (SSSR count). The zero-order valence-electron chi connectivity index (χ0n) is 5.93. The monoisotopic (exact) mass is 173 g/mol. The maximum Gasteiger partial charge on any atom is 0.333 e. The van der Waals surface area contributed by atoms with Crippen molar-refractivity contribution in [3.05, 3.63) is 28.4 Å². The number of nitrogens with zero attached hydrogens (tertiary/aromatic N) is 5. The molecule has 0 unspecified atom stereocenters. The van der Waals surface area contributed by atoms with Gasteiger partial charge in [0.1, 0.15) is 0 Å². The van der Waals surface area contributed by atoms with E-state index in [0.29, 0.717) is 10.4 Å². The molecule has 0 spiro atoms. The lowest BCUT2D eigenvalue weighted by Gasteiger charge is -1.95. The maximum absolute atomic E-state index is 11.9. The fraction of sp³-hybridized carbons (Fsp3) is 0.400. The Morgan fingerprint density at radius 1 is 1.75 bits per heavy atom. The van der Waals surface area contributed by atoms with Crippen LogP contribution in [0.2, 0.25) is 0 Å². The van der Waals surface area contributed by atoms with Gasteiger partial charge in [-0.25, -0.2) is 4.68 Å². The molecule has 1 heterocycles. The number of alkyl halides is 2. The predicted octanol–water partition coefficient (Wildman–Crippen LogP) is 2.09. The summed E-state index contributed by atoms with van der Waals surface area (Å²) in [6.07, 6.45) is 1.13. The van der Waals surface area contributed by atoms with Crippen LogP contribution in [0.3, 0.4) is 0 Å². The first-order chi connectivity index (χ1) is 5.74. The fourth-order valence-electron chi connectivity index (χ4n) is 0.674.